The van der Waals surface area contributed by atoms with Crippen LogP contribution in [0.3, 0.4) is 0 Å². The Morgan fingerprint density at radius 3 is 2.08 bits per heavy atom. The maximum absolute atomic E-state index is 5.92. The molecule has 0 aromatic carbocycles. The van der Waals surface area contributed by atoms with Gasteiger partial charge < -0.3 is 0 Å². The molecule has 0 amide bonds. The Hall–Kier alpha value is -0.630. The van der Waals surface area contributed by atoms with Crippen molar-refractivity contribution in [2.75, 3.05) is 0 Å². The average Bonchev–Trinajstić information content (AvgIpc) is 1.96. The Bertz CT molecular complexity index is 295. The van der Waals surface area contributed by atoms with Crippen LogP contribution in [-0.4, -0.2) is 9.97 Å². The van der Waals surface area contributed by atoms with Crippen molar-refractivity contribution in [3.63, 3.8) is 0 Å². The molecule has 0 N–H and O–H groups in total. The molecule has 0 unspecified atom stereocenters. The maximum atomic E-state index is 5.92. The predicted octanol–water partition coefficient (Wildman–Crippen LogP) is 2.87. The SMILES string of the molecule is Cc1nc(Cl)c(C(C)C)nc1C. The zero-order valence-electron chi connectivity index (χ0n) is 7.85. The highest BCUT2D eigenvalue weighted by molar-refractivity contribution is 6.30. The minimum Gasteiger partial charge on any atom is -0.253 e. The van der Waals surface area contributed by atoms with Crippen molar-refractivity contribution in [1.82, 2.24) is 9.97 Å². The molecule has 3 heteroatoms. The number of rotatable bonds is 1. The smallest absolute Gasteiger partial charge is 0.151 e. The summed E-state index contributed by atoms with van der Waals surface area (Å²) in [5.41, 5.74) is 2.76. The third-order valence-corrected chi connectivity index (χ3v) is 2.11. The first-order valence-corrected chi connectivity index (χ1v) is 4.40. The number of nitrogens with zero attached hydrogens (tertiary/aromatic N) is 2. The van der Waals surface area contributed by atoms with E-state index in [0.29, 0.717) is 11.1 Å². The molecule has 0 spiro atoms. The van der Waals surface area contributed by atoms with Gasteiger partial charge in [-0.15, -0.1) is 0 Å². The van der Waals surface area contributed by atoms with Crippen molar-refractivity contribution in [2.45, 2.75) is 33.6 Å². The molecule has 1 aromatic rings. The largest absolute Gasteiger partial charge is 0.253 e. The third-order valence-electron chi connectivity index (χ3n) is 1.84. The number of hydrogen-bond acceptors (Lipinski definition) is 2. The molecule has 0 aliphatic rings. The van der Waals surface area contributed by atoms with E-state index in [1.165, 1.54) is 0 Å². The van der Waals surface area contributed by atoms with E-state index >= 15 is 0 Å². The second kappa shape index (κ2) is 3.40. The second-order valence-electron chi connectivity index (χ2n) is 3.23. The first kappa shape index (κ1) is 9.46. The Morgan fingerprint density at radius 2 is 1.58 bits per heavy atom. The van der Waals surface area contributed by atoms with E-state index in [2.05, 4.69) is 23.8 Å². The second-order valence-corrected chi connectivity index (χ2v) is 3.58. The Kier molecular flexibility index (Phi) is 2.68. The monoisotopic (exact) mass is 184 g/mol. The Morgan fingerprint density at radius 1 is 1.08 bits per heavy atom. The number of hydrogen-bond donors (Lipinski definition) is 0. The molecule has 0 saturated heterocycles. The van der Waals surface area contributed by atoms with E-state index in [0.717, 1.165) is 17.1 Å². The fourth-order valence-electron chi connectivity index (χ4n) is 0.960. The molecule has 0 aliphatic carbocycles. The molecular weight excluding hydrogens is 172 g/mol. The normalized spacial score (nSPS) is 10.8. The summed E-state index contributed by atoms with van der Waals surface area (Å²) in [6.45, 7) is 7.98. The van der Waals surface area contributed by atoms with E-state index in [1.54, 1.807) is 0 Å². The molecule has 1 heterocycles. The minimum atomic E-state index is 0.337. The zero-order chi connectivity index (χ0) is 9.30. The van der Waals surface area contributed by atoms with Crippen LogP contribution in [-0.2, 0) is 0 Å². The molecule has 2 nitrogen and oxygen atoms in total. The van der Waals surface area contributed by atoms with Crippen LogP contribution in [0.1, 0.15) is 36.8 Å². The van der Waals surface area contributed by atoms with Crippen molar-refractivity contribution in [2.24, 2.45) is 0 Å². The molecule has 0 saturated carbocycles. The fourth-order valence-corrected chi connectivity index (χ4v) is 1.35. The lowest BCUT2D eigenvalue weighted by molar-refractivity contribution is 0.797. The van der Waals surface area contributed by atoms with Gasteiger partial charge in [-0.05, 0) is 19.8 Å². The van der Waals surface area contributed by atoms with Crippen molar-refractivity contribution in [1.29, 1.82) is 0 Å². The molecule has 0 radical (unpaired) electrons. The van der Waals surface area contributed by atoms with E-state index in [9.17, 15) is 0 Å². The highest BCUT2D eigenvalue weighted by Gasteiger charge is 2.09. The Labute approximate surface area is 78.0 Å². The van der Waals surface area contributed by atoms with Gasteiger partial charge in [-0.3, -0.25) is 4.98 Å². The molecule has 0 aliphatic heterocycles. The summed E-state index contributed by atoms with van der Waals surface area (Å²) in [6.07, 6.45) is 0. The first-order chi connectivity index (χ1) is 5.52. The lowest BCUT2D eigenvalue weighted by Crippen LogP contribution is -2.01. The average molecular weight is 185 g/mol. The molecule has 1 rings (SSSR count). The summed E-state index contributed by atoms with van der Waals surface area (Å²) in [5, 5.41) is 0.535. The maximum Gasteiger partial charge on any atom is 0.151 e. The van der Waals surface area contributed by atoms with Crippen molar-refractivity contribution >= 4 is 11.6 Å². The highest BCUT2D eigenvalue weighted by atomic mass is 35.5. The van der Waals surface area contributed by atoms with E-state index in [-0.39, 0.29) is 0 Å². The van der Waals surface area contributed by atoms with Gasteiger partial charge in [-0.1, -0.05) is 25.4 Å². The standard InChI is InChI=1S/C9H13ClN2/c1-5(2)8-9(10)12-7(4)6(3)11-8/h5H,1-4H3. The van der Waals surface area contributed by atoms with Crippen LogP contribution in [0, 0.1) is 13.8 Å². The summed E-state index contributed by atoms with van der Waals surface area (Å²) in [6, 6.07) is 0. The van der Waals surface area contributed by atoms with Crippen LogP contribution in [0.4, 0.5) is 0 Å². The summed E-state index contributed by atoms with van der Waals surface area (Å²) < 4.78 is 0. The molecule has 0 bridgehead atoms. The van der Waals surface area contributed by atoms with Crippen molar-refractivity contribution < 1.29 is 0 Å². The number of aromatic nitrogens is 2. The van der Waals surface area contributed by atoms with E-state index in [4.69, 9.17) is 11.6 Å². The van der Waals surface area contributed by atoms with Crippen LogP contribution in [0.2, 0.25) is 5.15 Å². The summed E-state index contributed by atoms with van der Waals surface area (Å²) in [5.74, 6) is 0.337. The summed E-state index contributed by atoms with van der Waals surface area (Å²) in [7, 11) is 0. The molecule has 0 atom stereocenters. The number of halogens is 1. The summed E-state index contributed by atoms with van der Waals surface area (Å²) in [4.78, 5) is 8.57. The molecule has 0 fully saturated rings. The van der Waals surface area contributed by atoms with Crippen LogP contribution < -0.4 is 0 Å². The van der Waals surface area contributed by atoms with Crippen LogP contribution in [0.15, 0.2) is 0 Å². The lowest BCUT2D eigenvalue weighted by atomic mass is 10.1. The predicted molar refractivity (Wildman–Crippen MR) is 50.6 cm³/mol. The van der Waals surface area contributed by atoms with Crippen LogP contribution >= 0.6 is 11.6 Å². The van der Waals surface area contributed by atoms with Gasteiger partial charge in [0.05, 0.1) is 17.1 Å². The van der Waals surface area contributed by atoms with Gasteiger partial charge in [0.2, 0.25) is 0 Å². The van der Waals surface area contributed by atoms with E-state index < -0.39 is 0 Å². The molecule has 12 heavy (non-hydrogen) atoms. The van der Waals surface area contributed by atoms with Gasteiger partial charge in [0.1, 0.15) is 0 Å². The van der Waals surface area contributed by atoms with Gasteiger partial charge in [0, 0.05) is 0 Å². The molecule has 1 aromatic heterocycles. The minimum absolute atomic E-state index is 0.337. The lowest BCUT2D eigenvalue weighted by Gasteiger charge is -2.08. The Balaban J connectivity index is 3.23. The number of aryl methyl sites for hydroxylation is 2. The molecular formula is C9H13ClN2. The fraction of sp³-hybridized carbons (Fsp3) is 0.556. The van der Waals surface area contributed by atoms with Gasteiger partial charge in [-0.2, -0.15) is 0 Å². The van der Waals surface area contributed by atoms with Crippen molar-refractivity contribution in [3.05, 3.63) is 22.2 Å². The quantitative estimate of drug-likeness (QED) is 0.671. The third kappa shape index (κ3) is 1.75. The van der Waals surface area contributed by atoms with Crippen LogP contribution in [0.25, 0.3) is 0 Å². The zero-order valence-corrected chi connectivity index (χ0v) is 8.61. The van der Waals surface area contributed by atoms with Gasteiger partial charge >= 0.3 is 0 Å². The highest BCUT2D eigenvalue weighted by Crippen LogP contribution is 2.20. The molecule has 66 valence electrons. The van der Waals surface area contributed by atoms with Gasteiger partial charge in [0.15, 0.2) is 5.15 Å². The van der Waals surface area contributed by atoms with E-state index in [1.807, 2.05) is 13.8 Å². The summed E-state index contributed by atoms with van der Waals surface area (Å²) >= 11 is 5.92. The first-order valence-electron chi connectivity index (χ1n) is 4.03. The topological polar surface area (TPSA) is 25.8 Å². The van der Waals surface area contributed by atoms with Gasteiger partial charge in [-0.25, -0.2) is 4.98 Å². The van der Waals surface area contributed by atoms with Crippen molar-refractivity contribution in [3.8, 4) is 0 Å². The van der Waals surface area contributed by atoms with Gasteiger partial charge in [0.25, 0.3) is 0 Å². The van der Waals surface area contributed by atoms with Crippen LogP contribution in [0.5, 0.6) is 0 Å².